The number of hydrogen-bond acceptors (Lipinski definition) is 3. The minimum absolute atomic E-state index is 0.450. The smallest absolute Gasteiger partial charge is 0.374 e. The fraction of sp³-hybridized carbons (Fsp3) is 1.00. The predicted molar refractivity (Wildman–Crippen MR) is 90.9 cm³/mol. The third-order valence-electron chi connectivity index (χ3n) is 4.58. The van der Waals surface area contributed by atoms with Gasteiger partial charge in [0, 0.05) is 40.2 Å². The lowest BCUT2D eigenvalue weighted by molar-refractivity contribution is 0.0687. The molecule has 0 bridgehead atoms. The second-order valence-corrected chi connectivity index (χ2v) is 27.3. The number of hydrogen-bond donors (Lipinski definition) is 0. The summed E-state index contributed by atoms with van der Waals surface area (Å²) in [4.78, 5) is 0. The van der Waals surface area contributed by atoms with E-state index < -0.39 is 24.0 Å². The van der Waals surface area contributed by atoms with Gasteiger partial charge in [0.15, 0.2) is 0 Å². The first-order valence-corrected chi connectivity index (χ1v) is 16.9. The van der Waals surface area contributed by atoms with Crippen LogP contribution in [-0.2, 0) is 13.3 Å². The van der Waals surface area contributed by atoms with Crippen LogP contribution < -0.4 is 0 Å². The molecule has 3 nitrogen and oxygen atoms in total. The fourth-order valence-corrected chi connectivity index (χ4v) is 19.4. The largest absolute Gasteiger partial charge is 0.500 e. The van der Waals surface area contributed by atoms with Crippen LogP contribution >= 0.6 is 0 Å². The molecule has 0 aliphatic rings. The number of rotatable bonds is 9. The van der Waals surface area contributed by atoms with Crippen LogP contribution in [0.5, 0.6) is 0 Å². The van der Waals surface area contributed by atoms with Crippen molar-refractivity contribution < 1.29 is 13.3 Å². The molecule has 1 unspecified atom stereocenters. The Morgan fingerprint density at radius 3 is 1.26 bits per heavy atom. The maximum atomic E-state index is 6.11. The average Bonchev–Trinajstić information content (AvgIpc) is 2.27. The molecule has 116 valence electrons. The highest BCUT2D eigenvalue weighted by Crippen LogP contribution is 2.39. The van der Waals surface area contributed by atoms with E-state index in [9.17, 15) is 0 Å². The van der Waals surface area contributed by atoms with E-state index in [1.54, 1.807) is 0 Å². The maximum Gasteiger partial charge on any atom is 0.500 e. The van der Waals surface area contributed by atoms with Crippen molar-refractivity contribution in [2.45, 2.75) is 65.6 Å². The molecule has 0 saturated carbocycles. The summed E-state index contributed by atoms with van der Waals surface area (Å²) in [6.07, 6.45) is 0. The Labute approximate surface area is 123 Å². The van der Waals surface area contributed by atoms with Crippen molar-refractivity contribution in [1.82, 2.24) is 0 Å². The van der Waals surface area contributed by atoms with E-state index in [0.717, 1.165) is 0 Å². The Balaban J connectivity index is 5.45. The van der Waals surface area contributed by atoms with E-state index in [2.05, 4.69) is 39.7 Å². The molecule has 0 aliphatic carbocycles. The SMILES string of the molecule is CCO[Si](OCC)(OCC)C(C)[Si](C)(C)[Si](C)(C)C. The highest BCUT2D eigenvalue weighted by atomic mass is 29.3. The van der Waals surface area contributed by atoms with Crippen LogP contribution in [0.1, 0.15) is 27.7 Å². The van der Waals surface area contributed by atoms with E-state index in [1.165, 1.54) is 0 Å². The van der Waals surface area contributed by atoms with E-state index in [0.29, 0.717) is 25.0 Å². The zero-order chi connectivity index (χ0) is 15.3. The van der Waals surface area contributed by atoms with Gasteiger partial charge in [-0.15, -0.1) is 0 Å². The molecule has 6 heteroatoms. The quantitative estimate of drug-likeness (QED) is 0.598. The van der Waals surface area contributed by atoms with Crippen molar-refractivity contribution >= 4 is 24.0 Å². The lowest BCUT2D eigenvalue weighted by atomic mass is 10.9. The molecule has 0 aromatic heterocycles. The van der Waals surface area contributed by atoms with Gasteiger partial charge in [0.2, 0.25) is 0 Å². The Hall–Kier alpha value is 0.531. The van der Waals surface area contributed by atoms with Gasteiger partial charge < -0.3 is 13.3 Å². The van der Waals surface area contributed by atoms with E-state index >= 15 is 0 Å². The van der Waals surface area contributed by atoms with Crippen molar-refractivity contribution in [1.29, 1.82) is 0 Å². The molecular weight excluding hydrogens is 288 g/mol. The summed E-state index contributed by atoms with van der Waals surface area (Å²) in [5.41, 5.74) is 0. The minimum Gasteiger partial charge on any atom is -0.374 e. The van der Waals surface area contributed by atoms with E-state index in [1.807, 2.05) is 20.8 Å². The van der Waals surface area contributed by atoms with Gasteiger partial charge in [0.1, 0.15) is 0 Å². The van der Waals surface area contributed by atoms with Gasteiger partial charge >= 0.3 is 8.80 Å². The molecule has 19 heavy (non-hydrogen) atoms. The first-order valence-electron chi connectivity index (χ1n) is 7.50. The van der Waals surface area contributed by atoms with Gasteiger partial charge in [-0.2, -0.15) is 0 Å². The summed E-state index contributed by atoms with van der Waals surface area (Å²) in [7, 11) is -5.19. The van der Waals surface area contributed by atoms with Gasteiger partial charge in [0.05, 0.1) is 0 Å². The topological polar surface area (TPSA) is 27.7 Å². The Morgan fingerprint density at radius 2 is 1.05 bits per heavy atom. The highest BCUT2D eigenvalue weighted by Gasteiger charge is 2.57. The molecule has 0 fully saturated rings. The molecule has 0 aromatic carbocycles. The summed E-state index contributed by atoms with van der Waals surface area (Å²) < 4.78 is 18.3. The molecule has 0 radical (unpaired) electrons. The Kier molecular flexibility index (Phi) is 7.72. The minimum atomic E-state index is -2.55. The summed E-state index contributed by atoms with van der Waals surface area (Å²) in [5.74, 6) is 0. The molecule has 0 heterocycles. The van der Waals surface area contributed by atoms with Crippen molar-refractivity contribution in [3.8, 4) is 0 Å². The summed E-state index contributed by atoms with van der Waals surface area (Å²) >= 11 is 0. The molecule has 0 spiro atoms. The van der Waals surface area contributed by atoms with Crippen molar-refractivity contribution in [2.24, 2.45) is 0 Å². The van der Waals surface area contributed by atoms with Crippen LogP contribution in [0, 0.1) is 0 Å². The molecule has 0 aromatic rings. The molecule has 1 atom stereocenters. The lowest BCUT2D eigenvalue weighted by Gasteiger charge is -2.46. The van der Waals surface area contributed by atoms with Gasteiger partial charge in [-0.3, -0.25) is 0 Å². The summed E-state index contributed by atoms with van der Waals surface area (Å²) in [6, 6.07) is 0. The predicted octanol–water partition coefficient (Wildman–Crippen LogP) is 4.09. The van der Waals surface area contributed by atoms with E-state index in [-0.39, 0.29) is 0 Å². The van der Waals surface area contributed by atoms with Crippen LogP contribution in [-0.4, -0.2) is 43.8 Å². The summed E-state index contributed by atoms with van der Waals surface area (Å²) in [5, 5.41) is 0.450. The van der Waals surface area contributed by atoms with Crippen LogP contribution in [0.15, 0.2) is 0 Å². The Bertz CT molecular complexity index is 247. The highest BCUT2D eigenvalue weighted by molar-refractivity contribution is 7.42. The Morgan fingerprint density at radius 1 is 0.737 bits per heavy atom. The third kappa shape index (κ3) is 4.50. The average molecular weight is 323 g/mol. The van der Waals surface area contributed by atoms with Crippen molar-refractivity contribution in [3.05, 3.63) is 0 Å². The zero-order valence-corrected chi connectivity index (χ0v) is 17.4. The monoisotopic (exact) mass is 322 g/mol. The molecule has 0 amide bonds. The first-order chi connectivity index (χ1) is 8.59. The van der Waals surface area contributed by atoms with Gasteiger partial charge in [-0.25, -0.2) is 0 Å². The standard InChI is InChI=1S/C13H34O3Si3/c1-10-14-19(15-11-2,16-12-3)13(4)18(8,9)17(5,6)7/h13H,10-12H2,1-9H3. The lowest BCUT2D eigenvalue weighted by Crippen LogP contribution is -2.65. The van der Waals surface area contributed by atoms with Gasteiger partial charge in [-0.1, -0.05) is 39.7 Å². The second kappa shape index (κ2) is 7.51. The van der Waals surface area contributed by atoms with Crippen LogP contribution in [0.2, 0.25) is 37.9 Å². The maximum absolute atomic E-state index is 6.11. The van der Waals surface area contributed by atoms with Crippen molar-refractivity contribution in [3.63, 3.8) is 0 Å². The van der Waals surface area contributed by atoms with Crippen LogP contribution in [0.3, 0.4) is 0 Å². The second-order valence-electron chi connectivity index (χ2n) is 6.60. The molecular formula is C13H34O3Si3. The summed E-state index contributed by atoms with van der Waals surface area (Å²) in [6.45, 7) is 22.8. The fourth-order valence-electron chi connectivity index (χ4n) is 2.20. The van der Waals surface area contributed by atoms with Crippen LogP contribution in [0.4, 0.5) is 0 Å². The van der Waals surface area contributed by atoms with E-state index in [4.69, 9.17) is 13.3 Å². The zero-order valence-electron chi connectivity index (χ0n) is 14.4. The van der Waals surface area contributed by atoms with Crippen molar-refractivity contribution in [2.75, 3.05) is 19.8 Å². The molecule has 0 N–H and O–H groups in total. The van der Waals surface area contributed by atoms with Gasteiger partial charge in [0.25, 0.3) is 0 Å². The molecule has 0 aliphatic heterocycles. The van der Waals surface area contributed by atoms with Gasteiger partial charge in [-0.05, 0) is 20.8 Å². The van der Waals surface area contributed by atoms with Crippen LogP contribution in [0.25, 0.3) is 0 Å². The molecule has 0 rings (SSSR count). The first kappa shape index (κ1) is 19.5. The third-order valence-corrected chi connectivity index (χ3v) is 30.7. The normalized spacial score (nSPS) is 15.6. The molecule has 0 saturated heterocycles.